The summed E-state index contributed by atoms with van der Waals surface area (Å²) in [4.78, 5) is 24.5. The summed E-state index contributed by atoms with van der Waals surface area (Å²) in [5.74, 6) is 0.196. The normalized spacial score (nSPS) is 13.0. The van der Waals surface area contributed by atoms with E-state index >= 15 is 0 Å². The summed E-state index contributed by atoms with van der Waals surface area (Å²) < 4.78 is 6.77. The van der Waals surface area contributed by atoms with Gasteiger partial charge >= 0.3 is 6.09 Å². The Balaban J connectivity index is 1.47. The highest BCUT2D eigenvalue weighted by molar-refractivity contribution is 5.95. The summed E-state index contributed by atoms with van der Waals surface area (Å²) in [7, 11) is 0. The highest BCUT2D eigenvalue weighted by Gasteiger charge is 2.24. The molecule has 0 saturated heterocycles. The van der Waals surface area contributed by atoms with Crippen LogP contribution in [0.1, 0.15) is 34.3 Å². The van der Waals surface area contributed by atoms with Crippen LogP contribution in [0, 0.1) is 6.92 Å². The van der Waals surface area contributed by atoms with Crippen molar-refractivity contribution in [2.24, 2.45) is 0 Å². The number of aryl methyl sites for hydroxylation is 1. The van der Waals surface area contributed by atoms with E-state index in [1.54, 1.807) is 12.1 Å². The number of nitrogens with zero attached hydrogens (tertiary/aromatic N) is 2. The molecule has 2 aromatic carbocycles. The van der Waals surface area contributed by atoms with Crippen LogP contribution in [0.4, 0.5) is 10.6 Å². The molecular formula is C22H23N5O3. The van der Waals surface area contributed by atoms with Crippen LogP contribution in [0.2, 0.25) is 0 Å². The zero-order chi connectivity index (χ0) is 21.1. The van der Waals surface area contributed by atoms with E-state index < -0.39 is 6.09 Å². The number of nitrogens with two attached hydrogens (primary N) is 1. The number of anilines is 1. The maximum atomic E-state index is 12.4. The molecule has 1 aromatic heterocycles. The molecule has 8 nitrogen and oxygen atoms in total. The molecule has 154 valence electrons. The zero-order valence-electron chi connectivity index (χ0n) is 16.6. The fourth-order valence-corrected chi connectivity index (χ4v) is 2.99. The van der Waals surface area contributed by atoms with Crippen LogP contribution in [-0.2, 0) is 6.54 Å². The molecule has 1 saturated carbocycles. The van der Waals surface area contributed by atoms with E-state index in [1.165, 1.54) is 10.9 Å². The first-order valence-corrected chi connectivity index (χ1v) is 9.76. The lowest BCUT2D eigenvalue weighted by Gasteiger charge is -2.11. The van der Waals surface area contributed by atoms with Crippen molar-refractivity contribution in [2.45, 2.75) is 32.4 Å². The summed E-state index contributed by atoms with van der Waals surface area (Å²) >= 11 is 0. The van der Waals surface area contributed by atoms with Crippen molar-refractivity contribution in [2.75, 3.05) is 5.73 Å². The zero-order valence-corrected chi connectivity index (χ0v) is 16.6. The average molecular weight is 405 g/mol. The van der Waals surface area contributed by atoms with Gasteiger partial charge in [0.15, 0.2) is 11.6 Å². The van der Waals surface area contributed by atoms with Gasteiger partial charge in [-0.25, -0.2) is 9.48 Å². The Morgan fingerprint density at radius 1 is 1.20 bits per heavy atom. The average Bonchev–Trinajstić information content (AvgIpc) is 3.50. The molecule has 30 heavy (non-hydrogen) atoms. The van der Waals surface area contributed by atoms with Crippen molar-refractivity contribution in [1.29, 1.82) is 0 Å². The number of rotatable bonds is 6. The predicted molar refractivity (Wildman–Crippen MR) is 113 cm³/mol. The Morgan fingerprint density at radius 3 is 2.70 bits per heavy atom. The number of nitrogen functional groups attached to an aromatic ring is 1. The fraction of sp³-hybridized carbons (Fsp3) is 0.227. The van der Waals surface area contributed by atoms with E-state index in [9.17, 15) is 9.59 Å². The number of carbonyl (C=O) groups is 2. The van der Waals surface area contributed by atoms with Gasteiger partial charge in [0.1, 0.15) is 0 Å². The molecule has 0 bridgehead atoms. The maximum Gasteiger partial charge on any atom is 0.413 e. The van der Waals surface area contributed by atoms with Gasteiger partial charge in [-0.2, -0.15) is 5.10 Å². The van der Waals surface area contributed by atoms with Crippen LogP contribution < -0.4 is 21.1 Å². The Labute approximate surface area is 174 Å². The van der Waals surface area contributed by atoms with Crippen molar-refractivity contribution in [1.82, 2.24) is 20.4 Å². The van der Waals surface area contributed by atoms with Crippen molar-refractivity contribution in [3.8, 4) is 11.4 Å². The highest BCUT2D eigenvalue weighted by Crippen LogP contribution is 2.27. The lowest BCUT2D eigenvalue weighted by Crippen LogP contribution is -2.26. The summed E-state index contributed by atoms with van der Waals surface area (Å²) in [6, 6.07) is 15.1. The van der Waals surface area contributed by atoms with E-state index in [-0.39, 0.29) is 23.5 Å². The predicted octanol–water partition coefficient (Wildman–Crippen LogP) is 2.94. The molecule has 4 rings (SSSR count). The van der Waals surface area contributed by atoms with Gasteiger partial charge in [0.25, 0.3) is 5.91 Å². The molecule has 1 aliphatic carbocycles. The number of nitrogens with one attached hydrogen (secondary N) is 2. The molecular weight excluding hydrogens is 382 g/mol. The van der Waals surface area contributed by atoms with Gasteiger partial charge in [-0.05, 0) is 43.0 Å². The molecule has 4 N–H and O–H groups in total. The number of benzene rings is 2. The topological polar surface area (TPSA) is 111 Å². The van der Waals surface area contributed by atoms with E-state index in [0.717, 1.165) is 24.0 Å². The van der Waals surface area contributed by atoms with Gasteiger partial charge in [-0.15, -0.1) is 0 Å². The Bertz CT molecular complexity index is 1070. The number of aromatic nitrogens is 2. The number of hydrogen-bond acceptors (Lipinski definition) is 5. The minimum Gasteiger partial charge on any atom is -0.405 e. The largest absolute Gasteiger partial charge is 0.413 e. The molecule has 8 heteroatoms. The first kappa shape index (κ1) is 19.5. The third-order valence-electron chi connectivity index (χ3n) is 4.87. The number of carbonyl (C=O) groups excluding carboxylic acids is 2. The maximum absolute atomic E-state index is 12.4. The lowest BCUT2D eigenvalue weighted by molar-refractivity contribution is 0.0951. The Kier molecular flexibility index (Phi) is 5.38. The first-order valence-electron chi connectivity index (χ1n) is 9.76. The van der Waals surface area contributed by atoms with E-state index in [1.807, 2.05) is 43.3 Å². The third kappa shape index (κ3) is 4.43. The standard InChI is InChI=1S/C22H23N5O3/c1-14-7-8-16(21(28)26-17-9-10-17)11-18(14)27-20(23)19(13-25-27)30-22(29)24-12-15-5-3-2-4-6-15/h2-8,11,13,17H,9-10,12,23H2,1H3,(H,24,29)(H,26,28). The van der Waals surface area contributed by atoms with Gasteiger partial charge in [0.2, 0.25) is 0 Å². The molecule has 3 aromatic rings. The summed E-state index contributed by atoms with van der Waals surface area (Å²) in [6.07, 6.45) is 2.79. The molecule has 1 fully saturated rings. The SMILES string of the molecule is Cc1ccc(C(=O)NC2CC2)cc1-n1ncc(OC(=O)NCc2ccccc2)c1N. The molecule has 0 spiro atoms. The third-order valence-corrected chi connectivity index (χ3v) is 4.87. The minimum absolute atomic E-state index is 0.124. The van der Waals surface area contributed by atoms with Crippen LogP contribution in [0.5, 0.6) is 5.75 Å². The quantitative estimate of drug-likeness (QED) is 0.584. The van der Waals surface area contributed by atoms with Gasteiger partial charge in [-0.1, -0.05) is 36.4 Å². The van der Waals surface area contributed by atoms with Gasteiger partial charge in [0, 0.05) is 18.2 Å². The first-order chi connectivity index (χ1) is 14.5. The van der Waals surface area contributed by atoms with E-state index in [4.69, 9.17) is 10.5 Å². The lowest BCUT2D eigenvalue weighted by atomic mass is 10.1. The second-order valence-corrected chi connectivity index (χ2v) is 7.28. The van der Waals surface area contributed by atoms with Gasteiger partial charge < -0.3 is 21.1 Å². The monoisotopic (exact) mass is 405 g/mol. The smallest absolute Gasteiger partial charge is 0.405 e. The van der Waals surface area contributed by atoms with E-state index in [2.05, 4.69) is 15.7 Å². The number of amides is 2. The van der Waals surface area contributed by atoms with E-state index in [0.29, 0.717) is 17.8 Å². The summed E-state index contributed by atoms with van der Waals surface area (Å²) in [5.41, 5.74) is 9.18. The molecule has 0 radical (unpaired) electrons. The molecule has 2 amide bonds. The van der Waals surface area contributed by atoms with Crippen LogP contribution >= 0.6 is 0 Å². The van der Waals surface area contributed by atoms with Crippen molar-refractivity contribution < 1.29 is 14.3 Å². The molecule has 0 atom stereocenters. The minimum atomic E-state index is -0.626. The molecule has 1 aliphatic rings. The van der Waals surface area contributed by atoms with Crippen molar-refractivity contribution in [3.05, 3.63) is 71.4 Å². The number of hydrogen-bond donors (Lipinski definition) is 3. The second kappa shape index (κ2) is 8.28. The second-order valence-electron chi connectivity index (χ2n) is 7.28. The molecule has 0 aliphatic heterocycles. The van der Waals surface area contributed by atoms with Gasteiger partial charge in [0.05, 0.1) is 11.9 Å². The Hall–Kier alpha value is -3.81. The van der Waals surface area contributed by atoms with Crippen molar-refractivity contribution in [3.63, 3.8) is 0 Å². The number of ether oxygens (including phenoxy) is 1. The van der Waals surface area contributed by atoms with Crippen LogP contribution in [0.3, 0.4) is 0 Å². The highest BCUT2D eigenvalue weighted by atomic mass is 16.6. The van der Waals surface area contributed by atoms with Gasteiger partial charge in [-0.3, -0.25) is 4.79 Å². The summed E-state index contributed by atoms with van der Waals surface area (Å²) in [5, 5.41) is 9.89. The van der Waals surface area contributed by atoms with Crippen LogP contribution in [0.15, 0.2) is 54.7 Å². The Morgan fingerprint density at radius 2 is 1.97 bits per heavy atom. The molecule has 1 heterocycles. The molecule has 0 unspecified atom stereocenters. The van der Waals surface area contributed by atoms with Crippen molar-refractivity contribution >= 4 is 17.8 Å². The summed E-state index contributed by atoms with van der Waals surface area (Å²) in [6.45, 7) is 2.23. The fourth-order valence-electron chi connectivity index (χ4n) is 2.99. The van der Waals surface area contributed by atoms with Crippen LogP contribution in [0.25, 0.3) is 5.69 Å². The van der Waals surface area contributed by atoms with Crippen LogP contribution in [-0.4, -0.2) is 27.8 Å².